The topological polar surface area (TPSA) is 24.9 Å². The second kappa shape index (κ2) is 6.29. The molecule has 1 heterocycles. The lowest BCUT2D eigenvalue weighted by Gasteiger charge is -2.11. The number of hydrogen-bond donors (Lipinski definition) is 1. The second-order valence-corrected chi connectivity index (χ2v) is 7.07. The van der Waals surface area contributed by atoms with Crippen LogP contribution in [-0.4, -0.2) is 11.5 Å². The number of nitrogens with zero attached hydrogens (tertiary/aromatic N) is 1. The van der Waals surface area contributed by atoms with Crippen LogP contribution in [0.25, 0.3) is 10.6 Å². The van der Waals surface area contributed by atoms with Gasteiger partial charge in [0.15, 0.2) is 0 Å². The van der Waals surface area contributed by atoms with Crippen molar-refractivity contribution in [3.8, 4) is 10.6 Å². The monoisotopic (exact) mass is 300 g/mol. The van der Waals surface area contributed by atoms with Crippen LogP contribution < -0.4 is 5.32 Å². The Kier molecular flexibility index (Phi) is 4.41. The predicted octanol–water partition coefficient (Wildman–Crippen LogP) is 5.06. The van der Waals surface area contributed by atoms with Gasteiger partial charge in [-0.1, -0.05) is 31.2 Å². The van der Waals surface area contributed by atoms with Crippen LogP contribution in [0.5, 0.6) is 0 Å². The standard InChI is InChI=1S/C18H24N2S/c1-4-11-19-12(2)17-13(3)20-18(21-17)16-9-7-15(8-10-16)14-5-6-14/h7-10,12,14,19H,4-6,11H2,1-3H3. The minimum absolute atomic E-state index is 0.391. The van der Waals surface area contributed by atoms with E-state index in [1.807, 2.05) is 11.3 Å². The Morgan fingerprint density at radius 2 is 2.00 bits per heavy atom. The van der Waals surface area contributed by atoms with E-state index >= 15 is 0 Å². The highest BCUT2D eigenvalue weighted by atomic mass is 32.1. The summed E-state index contributed by atoms with van der Waals surface area (Å²) in [5.41, 5.74) is 3.91. The van der Waals surface area contributed by atoms with Crippen LogP contribution in [0.15, 0.2) is 24.3 Å². The molecule has 1 aliphatic carbocycles. The van der Waals surface area contributed by atoms with Crippen molar-refractivity contribution in [2.75, 3.05) is 6.54 Å². The molecule has 1 fully saturated rings. The lowest BCUT2D eigenvalue weighted by Crippen LogP contribution is -2.18. The summed E-state index contributed by atoms with van der Waals surface area (Å²) in [6.45, 7) is 7.62. The minimum atomic E-state index is 0.391. The first-order valence-electron chi connectivity index (χ1n) is 8.00. The van der Waals surface area contributed by atoms with Crippen molar-refractivity contribution < 1.29 is 0 Å². The van der Waals surface area contributed by atoms with Crippen molar-refractivity contribution in [1.29, 1.82) is 0 Å². The molecular formula is C18H24N2S. The van der Waals surface area contributed by atoms with Crippen LogP contribution in [0.1, 0.15) is 61.2 Å². The third kappa shape index (κ3) is 3.35. The van der Waals surface area contributed by atoms with Gasteiger partial charge in [0.2, 0.25) is 0 Å². The molecule has 21 heavy (non-hydrogen) atoms. The SMILES string of the molecule is CCCNC(C)c1sc(-c2ccc(C3CC3)cc2)nc1C. The summed E-state index contributed by atoms with van der Waals surface area (Å²) in [5, 5.41) is 4.71. The smallest absolute Gasteiger partial charge is 0.123 e. The summed E-state index contributed by atoms with van der Waals surface area (Å²) in [6, 6.07) is 9.42. The zero-order valence-corrected chi connectivity index (χ0v) is 14.0. The number of nitrogens with one attached hydrogen (secondary N) is 1. The Balaban J connectivity index is 1.78. The van der Waals surface area contributed by atoms with Crippen molar-refractivity contribution in [3.63, 3.8) is 0 Å². The Hall–Kier alpha value is -1.19. The summed E-state index contributed by atoms with van der Waals surface area (Å²) in [4.78, 5) is 6.14. The first-order chi connectivity index (χ1) is 10.2. The maximum atomic E-state index is 4.78. The molecule has 3 heteroatoms. The molecule has 0 bridgehead atoms. The van der Waals surface area contributed by atoms with E-state index in [2.05, 4.69) is 50.4 Å². The molecule has 1 atom stereocenters. The number of hydrogen-bond acceptors (Lipinski definition) is 3. The van der Waals surface area contributed by atoms with E-state index in [9.17, 15) is 0 Å². The first-order valence-corrected chi connectivity index (χ1v) is 8.81. The molecule has 112 valence electrons. The van der Waals surface area contributed by atoms with Gasteiger partial charge in [0.25, 0.3) is 0 Å². The highest BCUT2D eigenvalue weighted by molar-refractivity contribution is 7.15. The molecular weight excluding hydrogens is 276 g/mol. The van der Waals surface area contributed by atoms with Gasteiger partial charge in [-0.15, -0.1) is 11.3 Å². The highest BCUT2D eigenvalue weighted by Crippen LogP contribution is 2.41. The normalized spacial score (nSPS) is 16.1. The number of aromatic nitrogens is 1. The third-order valence-corrected chi connectivity index (χ3v) is 5.52. The fourth-order valence-electron chi connectivity index (χ4n) is 2.70. The Morgan fingerprint density at radius 1 is 1.29 bits per heavy atom. The van der Waals surface area contributed by atoms with Crippen LogP contribution >= 0.6 is 11.3 Å². The molecule has 0 radical (unpaired) electrons. The quantitative estimate of drug-likeness (QED) is 0.807. The second-order valence-electron chi connectivity index (χ2n) is 6.04. The van der Waals surface area contributed by atoms with E-state index in [0.717, 1.165) is 29.6 Å². The number of benzene rings is 1. The van der Waals surface area contributed by atoms with Gasteiger partial charge in [-0.25, -0.2) is 4.98 Å². The lowest BCUT2D eigenvalue weighted by molar-refractivity contribution is 0.575. The molecule has 0 amide bonds. The molecule has 1 aromatic carbocycles. The van der Waals surface area contributed by atoms with Crippen LogP contribution in [-0.2, 0) is 0 Å². The van der Waals surface area contributed by atoms with Crippen molar-refractivity contribution >= 4 is 11.3 Å². The van der Waals surface area contributed by atoms with E-state index in [4.69, 9.17) is 4.98 Å². The highest BCUT2D eigenvalue weighted by Gasteiger charge is 2.23. The molecule has 1 aliphatic rings. The number of thiazole rings is 1. The molecule has 0 aliphatic heterocycles. The summed E-state index contributed by atoms with van der Waals surface area (Å²) < 4.78 is 0. The lowest BCUT2D eigenvalue weighted by atomic mass is 10.1. The Morgan fingerprint density at radius 3 is 2.62 bits per heavy atom. The van der Waals surface area contributed by atoms with Gasteiger partial charge in [0.1, 0.15) is 5.01 Å². The fourth-order valence-corrected chi connectivity index (χ4v) is 3.80. The van der Waals surface area contributed by atoms with Gasteiger partial charge >= 0.3 is 0 Å². The summed E-state index contributed by atoms with van der Waals surface area (Å²) in [6.07, 6.45) is 3.89. The van der Waals surface area contributed by atoms with Gasteiger partial charge in [0, 0.05) is 16.5 Å². The first kappa shape index (κ1) is 14.7. The maximum absolute atomic E-state index is 4.78. The van der Waals surface area contributed by atoms with Crippen LogP contribution in [0.4, 0.5) is 0 Å². The van der Waals surface area contributed by atoms with E-state index in [1.165, 1.54) is 28.8 Å². The average Bonchev–Trinajstić information content (AvgIpc) is 3.27. The van der Waals surface area contributed by atoms with E-state index in [1.54, 1.807) is 0 Å². The fraction of sp³-hybridized carbons (Fsp3) is 0.500. The molecule has 2 aromatic rings. The van der Waals surface area contributed by atoms with Crippen molar-refractivity contribution in [2.45, 2.75) is 52.0 Å². The van der Waals surface area contributed by atoms with Crippen molar-refractivity contribution in [2.24, 2.45) is 0 Å². The predicted molar refractivity (Wildman–Crippen MR) is 91.0 cm³/mol. The molecule has 1 aromatic heterocycles. The van der Waals surface area contributed by atoms with Crippen molar-refractivity contribution in [3.05, 3.63) is 40.4 Å². The molecule has 3 rings (SSSR count). The van der Waals surface area contributed by atoms with Crippen molar-refractivity contribution in [1.82, 2.24) is 10.3 Å². The largest absolute Gasteiger partial charge is 0.309 e. The number of aryl methyl sites for hydroxylation is 1. The molecule has 1 N–H and O–H groups in total. The molecule has 0 spiro atoms. The van der Waals surface area contributed by atoms with Gasteiger partial charge in [-0.2, -0.15) is 0 Å². The molecule has 2 nitrogen and oxygen atoms in total. The van der Waals surface area contributed by atoms with E-state index < -0.39 is 0 Å². The van der Waals surface area contributed by atoms with Crippen LogP contribution in [0.2, 0.25) is 0 Å². The minimum Gasteiger partial charge on any atom is -0.309 e. The van der Waals surface area contributed by atoms with Crippen LogP contribution in [0, 0.1) is 6.92 Å². The van der Waals surface area contributed by atoms with Gasteiger partial charge < -0.3 is 5.32 Å². The summed E-state index contributed by atoms with van der Waals surface area (Å²) >= 11 is 1.83. The van der Waals surface area contributed by atoms with Gasteiger partial charge in [-0.3, -0.25) is 0 Å². The van der Waals surface area contributed by atoms with E-state index in [-0.39, 0.29) is 0 Å². The molecule has 1 unspecified atom stereocenters. The maximum Gasteiger partial charge on any atom is 0.123 e. The Bertz CT molecular complexity index is 596. The molecule has 0 saturated heterocycles. The molecule has 1 saturated carbocycles. The van der Waals surface area contributed by atoms with Gasteiger partial charge in [0.05, 0.1) is 5.69 Å². The third-order valence-electron chi connectivity index (χ3n) is 4.13. The Labute approximate surface area is 131 Å². The zero-order chi connectivity index (χ0) is 14.8. The van der Waals surface area contributed by atoms with Crippen LogP contribution in [0.3, 0.4) is 0 Å². The number of rotatable bonds is 6. The summed E-state index contributed by atoms with van der Waals surface area (Å²) in [5.74, 6) is 0.825. The average molecular weight is 300 g/mol. The van der Waals surface area contributed by atoms with E-state index in [0.29, 0.717) is 6.04 Å². The van der Waals surface area contributed by atoms with Gasteiger partial charge in [-0.05, 0) is 51.1 Å². The zero-order valence-electron chi connectivity index (χ0n) is 13.1. The summed E-state index contributed by atoms with van der Waals surface area (Å²) in [7, 11) is 0.